The number of amides is 3. The molecule has 6 heteroatoms. The molecule has 0 spiro atoms. The number of benzene rings is 1. The average Bonchev–Trinajstić information content (AvgIpc) is 3.04. The van der Waals surface area contributed by atoms with E-state index in [9.17, 15) is 14.0 Å². The van der Waals surface area contributed by atoms with Gasteiger partial charge in [0, 0.05) is 19.1 Å². The van der Waals surface area contributed by atoms with E-state index in [1.807, 2.05) is 0 Å². The summed E-state index contributed by atoms with van der Waals surface area (Å²) in [6.45, 7) is 0.877. The molecule has 160 valence electrons. The molecule has 1 aromatic rings. The Morgan fingerprint density at radius 3 is 2.14 bits per heavy atom. The van der Waals surface area contributed by atoms with Crippen LogP contribution in [0.2, 0.25) is 0 Å². The average molecular weight is 404 g/mol. The summed E-state index contributed by atoms with van der Waals surface area (Å²) in [7, 11) is 0. The molecule has 0 radical (unpaired) electrons. The first kappa shape index (κ1) is 21.6. The Hall–Kier alpha value is -2.11. The van der Waals surface area contributed by atoms with E-state index in [2.05, 4.69) is 5.32 Å². The van der Waals surface area contributed by atoms with Gasteiger partial charge in [0.15, 0.2) is 0 Å². The summed E-state index contributed by atoms with van der Waals surface area (Å²) < 4.78 is 14.0. The van der Waals surface area contributed by atoms with E-state index in [0.29, 0.717) is 13.1 Å². The molecule has 1 N–H and O–H groups in total. The molecule has 0 atom stereocenters. The van der Waals surface area contributed by atoms with Crippen molar-refractivity contribution < 1.29 is 14.0 Å². The third-order valence-corrected chi connectivity index (χ3v) is 6.04. The Morgan fingerprint density at radius 1 is 0.931 bits per heavy atom. The van der Waals surface area contributed by atoms with Gasteiger partial charge in [-0.1, -0.05) is 69.9 Å². The van der Waals surface area contributed by atoms with Crippen LogP contribution in [0.15, 0.2) is 24.3 Å². The first-order chi connectivity index (χ1) is 14.1. The maximum absolute atomic E-state index is 14.0. The van der Waals surface area contributed by atoms with Crippen molar-refractivity contribution in [3.05, 3.63) is 30.1 Å². The highest BCUT2D eigenvalue weighted by Crippen LogP contribution is 2.23. The van der Waals surface area contributed by atoms with Gasteiger partial charge in [0.05, 0.1) is 5.69 Å². The molecular weight excluding hydrogens is 369 g/mol. The zero-order valence-electron chi connectivity index (χ0n) is 17.4. The molecule has 3 rings (SSSR count). The quantitative estimate of drug-likeness (QED) is 0.781. The number of para-hydroxylation sites is 1. The number of halogens is 1. The predicted molar refractivity (Wildman–Crippen MR) is 113 cm³/mol. The first-order valence-corrected chi connectivity index (χ1v) is 11.3. The SMILES string of the molecule is O=C(CN1CCN(c2ccccc2F)C1=O)NC1CCCCCCCCCCC1. The Bertz CT molecular complexity index is 670. The summed E-state index contributed by atoms with van der Waals surface area (Å²) in [4.78, 5) is 28.2. The Labute approximate surface area is 173 Å². The van der Waals surface area contributed by atoms with Gasteiger partial charge in [-0.25, -0.2) is 9.18 Å². The van der Waals surface area contributed by atoms with Crippen LogP contribution in [0.4, 0.5) is 14.9 Å². The van der Waals surface area contributed by atoms with Gasteiger partial charge in [-0.3, -0.25) is 9.69 Å². The second-order valence-corrected chi connectivity index (χ2v) is 8.33. The van der Waals surface area contributed by atoms with Gasteiger partial charge in [-0.2, -0.15) is 0 Å². The number of anilines is 1. The van der Waals surface area contributed by atoms with Crippen molar-refractivity contribution in [2.24, 2.45) is 0 Å². The lowest BCUT2D eigenvalue weighted by Crippen LogP contribution is -2.43. The van der Waals surface area contributed by atoms with Crippen molar-refractivity contribution in [3.8, 4) is 0 Å². The molecule has 1 aliphatic carbocycles. The fourth-order valence-corrected chi connectivity index (χ4v) is 4.38. The second-order valence-electron chi connectivity index (χ2n) is 8.33. The second kappa shape index (κ2) is 11.2. The van der Waals surface area contributed by atoms with Crippen molar-refractivity contribution in [3.63, 3.8) is 0 Å². The topological polar surface area (TPSA) is 52.7 Å². The van der Waals surface area contributed by atoms with E-state index in [1.165, 1.54) is 60.8 Å². The molecule has 0 bridgehead atoms. The van der Waals surface area contributed by atoms with Crippen LogP contribution in [0.25, 0.3) is 0 Å². The van der Waals surface area contributed by atoms with Gasteiger partial charge in [0.25, 0.3) is 0 Å². The summed E-state index contributed by atoms with van der Waals surface area (Å²) >= 11 is 0. The van der Waals surface area contributed by atoms with E-state index >= 15 is 0 Å². The van der Waals surface area contributed by atoms with Crippen molar-refractivity contribution in [2.45, 2.75) is 76.7 Å². The fraction of sp³-hybridized carbons (Fsp3) is 0.652. The van der Waals surface area contributed by atoms with Crippen LogP contribution in [0.3, 0.4) is 0 Å². The number of nitrogens with zero attached hydrogens (tertiary/aromatic N) is 2. The number of carbonyl (C=O) groups excluding carboxylic acids is 2. The zero-order valence-corrected chi connectivity index (χ0v) is 17.4. The van der Waals surface area contributed by atoms with Crippen LogP contribution < -0.4 is 10.2 Å². The monoisotopic (exact) mass is 403 g/mol. The van der Waals surface area contributed by atoms with Gasteiger partial charge in [0.2, 0.25) is 5.91 Å². The molecule has 5 nitrogen and oxygen atoms in total. The van der Waals surface area contributed by atoms with Gasteiger partial charge < -0.3 is 10.2 Å². The maximum Gasteiger partial charge on any atom is 0.325 e. The first-order valence-electron chi connectivity index (χ1n) is 11.3. The minimum Gasteiger partial charge on any atom is -0.352 e. The van der Waals surface area contributed by atoms with E-state index in [0.717, 1.165) is 25.7 Å². The van der Waals surface area contributed by atoms with Crippen LogP contribution in [0, 0.1) is 5.82 Å². The molecule has 1 saturated carbocycles. The molecule has 29 heavy (non-hydrogen) atoms. The van der Waals surface area contributed by atoms with Crippen molar-refractivity contribution >= 4 is 17.6 Å². The zero-order chi connectivity index (χ0) is 20.5. The standard InChI is InChI=1S/C23H34FN3O2/c24-20-14-10-11-15-21(20)27-17-16-26(23(27)29)18-22(28)25-19-12-8-6-4-2-1-3-5-7-9-13-19/h10-11,14-15,19H,1-9,12-13,16-18H2,(H,25,28). The molecule has 0 unspecified atom stereocenters. The Balaban J connectivity index is 1.50. The lowest BCUT2D eigenvalue weighted by Gasteiger charge is -2.22. The van der Waals surface area contributed by atoms with Crippen molar-refractivity contribution in [1.82, 2.24) is 10.2 Å². The normalized spacial score (nSPS) is 20.2. The largest absolute Gasteiger partial charge is 0.352 e. The number of hydrogen-bond acceptors (Lipinski definition) is 2. The number of hydrogen-bond donors (Lipinski definition) is 1. The summed E-state index contributed by atoms with van der Waals surface area (Å²) in [5.74, 6) is -0.522. The highest BCUT2D eigenvalue weighted by molar-refractivity contribution is 5.96. The molecule has 3 amide bonds. The van der Waals surface area contributed by atoms with E-state index in [1.54, 1.807) is 18.2 Å². The summed E-state index contributed by atoms with van der Waals surface area (Å²) in [6.07, 6.45) is 13.4. The van der Waals surface area contributed by atoms with Gasteiger partial charge >= 0.3 is 6.03 Å². The van der Waals surface area contributed by atoms with Crippen molar-refractivity contribution in [2.75, 3.05) is 24.5 Å². The Kier molecular flexibility index (Phi) is 8.32. The molecule has 0 aromatic heterocycles. The van der Waals surface area contributed by atoms with Crippen LogP contribution in [-0.4, -0.2) is 42.5 Å². The van der Waals surface area contributed by atoms with Crippen LogP contribution >= 0.6 is 0 Å². The van der Waals surface area contributed by atoms with Gasteiger partial charge in [0.1, 0.15) is 12.4 Å². The lowest BCUT2D eigenvalue weighted by molar-refractivity contribution is -0.122. The van der Waals surface area contributed by atoms with Crippen molar-refractivity contribution in [1.29, 1.82) is 0 Å². The van der Waals surface area contributed by atoms with E-state index in [-0.39, 0.29) is 30.2 Å². The molecule has 1 heterocycles. The molecular formula is C23H34FN3O2. The van der Waals surface area contributed by atoms with E-state index < -0.39 is 5.82 Å². The highest BCUT2D eigenvalue weighted by atomic mass is 19.1. The third-order valence-electron chi connectivity index (χ3n) is 6.04. The lowest BCUT2D eigenvalue weighted by atomic mass is 9.98. The summed E-state index contributed by atoms with van der Waals surface area (Å²) in [5.41, 5.74) is 0.278. The number of rotatable bonds is 4. The smallest absolute Gasteiger partial charge is 0.325 e. The Morgan fingerprint density at radius 2 is 1.52 bits per heavy atom. The minimum atomic E-state index is -0.416. The molecule has 2 aliphatic rings. The number of urea groups is 1. The van der Waals surface area contributed by atoms with E-state index in [4.69, 9.17) is 0 Å². The molecule has 1 aliphatic heterocycles. The number of carbonyl (C=O) groups is 2. The van der Waals surface area contributed by atoms with Gasteiger partial charge in [-0.05, 0) is 25.0 Å². The van der Waals surface area contributed by atoms with Gasteiger partial charge in [-0.15, -0.1) is 0 Å². The maximum atomic E-state index is 14.0. The molecule has 1 saturated heterocycles. The summed E-state index contributed by atoms with van der Waals surface area (Å²) in [6, 6.07) is 6.16. The number of nitrogens with one attached hydrogen (secondary N) is 1. The van der Waals surface area contributed by atoms with Crippen LogP contribution in [0.1, 0.15) is 70.6 Å². The predicted octanol–water partition coefficient (Wildman–Crippen LogP) is 4.86. The third kappa shape index (κ3) is 6.44. The molecule has 2 fully saturated rings. The minimum absolute atomic E-state index is 0.0420. The van der Waals surface area contributed by atoms with Crippen LogP contribution in [0.5, 0.6) is 0 Å². The van der Waals surface area contributed by atoms with Crippen LogP contribution in [-0.2, 0) is 4.79 Å². The fourth-order valence-electron chi connectivity index (χ4n) is 4.38. The summed E-state index contributed by atoms with van der Waals surface area (Å²) in [5, 5.41) is 3.16. The highest BCUT2D eigenvalue weighted by Gasteiger charge is 2.32. The molecule has 1 aromatic carbocycles.